The summed E-state index contributed by atoms with van der Waals surface area (Å²) in [6, 6.07) is 7.65. The first-order valence-electron chi connectivity index (χ1n) is 9.88. The van der Waals surface area contributed by atoms with Crippen LogP contribution < -0.4 is 10.6 Å². The van der Waals surface area contributed by atoms with E-state index in [9.17, 15) is 9.59 Å². The summed E-state index contributed by atoms with van der Waals surface area (Å²) in [6.45, 7) is 5.43. The van der Waals surface area contributed by atoms with Crippen molar-refractivity contribution < 1.29 is 14.3 Å². The Morgan fingerprint density at radius 1 is 1.11 bits per heavy atom. The number of hydrogen-bond acceptors (Lipinski definition) is 4. The van der Waals surface area contributed by atoms with E-state index < -0.39 is 0 Å². The third-order valence-corrected chi connectivity index (χ3v) is 4.82. The first-order valence-corrected chi connectivity index (χ1v) is 9.88. The van der Waals surface area contributed by atoms with Crippen LogP contribution in [0.25, 0.3) is 6.08 Å². The van der Waals surface area contributed by atoms with E-state index in [0.29, 0.717) is 18.2 Å². The molecule has 2 fully saturated rings. The van der Waals surface area contributed by atoms with Gasteiger partial charge in [0.05, 0.1) is 13.2 Å². The highest BCUT2D eigenvalue weighted by Crippen LogP contribution is 2.19. The van der Waals surface area contributed by atoms with Gasteiger partial charge in [-0.25, -0.2) is 0 Å². The first-order chi connectivity index (χ1) is 13.2. The number of nitrogens with one attached hydrogen (secondary N) is 2. The van der Waals surface area contributed by atoms with Crippen molar-refractivity contribution in [3.05, 3.63) is 41.5 Å². The quantitative estimate of drug-likeness (QED) is 0.513. The van der Waals surface area contributed by atoms with E-state index in [1.54, 1.807) is 24.3 Å². The number of nitrogens with zero attached hydrogens (tertiary/aromatic N) is 1. The number of amides is 2. The average molecular weight is 371 g/mol. The molecule has 27 heavy (non-hydrogen) atoms. The van der Waals surface area contributed by atoms with Crippen LogP contribution in [0.5, 0.6) is 0 Å². The highest BCUT2D eigenvalue weighted by Gasteiger charge is 2.23. The fraction of sp³-hybridized carbons (Fsp3) is 0.524. The summed E-state index contributed by atoms with van der Waals surface area (Å²) in [5.74, 6) is -0.111. The third kappa shape index (κ3) is 7.15. The maximum atomic E-state index is 11.9. The van der Waals surface area contributed by atoms with Gasteiger partial charge in [-0.2, -0.15) is 0 Å². The minimum atomic E-state index is -0.0862. The number of carbonyl (C=O) groups excluding carboxylic acids is 2. The van der Waals surface area contributed by atoms with Crippen LogP contribution in [0.1, 0.15) is 41.6 Å². The molecule has 1 aromatic carbocycles. The molecule has 6 nitrogen and oxygen atoms in total. The molecule has 0 aromatic heterocycles. The molecule has 1 aromatic rings. The maximum absolute atomic E-state index is 11.9. The minimum Gasteiger partial charge on any atom is -0.379 e. The fourth-order valence-corrected chi connectivity index (χ4v) is 2.97. The molecule has 0 radical (unpaired) electrons. The molecule has 1 heterocycles. The van der Waals surface area contributed by atoms with Gasteiger partial charge in [-0.15, -0.1) is 0 Å². The van der Waals surface area contributed by atoms with Gasteiger partial charge in [0, 0.05) is 37.3 Å². The second-order valence-corrected chi connectivity index (χ2v) is 7.16. The van der Waals surface area contributed by atoms with Gasteiger partial charge >= 0.3 is 0 Å². The van der Waals surface area contributed by atoms with Crippen molar-refractivity contribution in [2.75, 3.05) is 39.4 Å². The molecule has 0 spiro atoms. The van der Waals surface area contributed by atoms with Crippen molar-refractivity contribution in [1.29, 1.82) is 0 Å². The second-order valence-electron chi connectivity index (χ2n) is 7.16. The summed E-state index contributed by atoms with van der Waals surface area (Å²) in [5.41, 5.74) is 1.56. The van der Waals surface area contributed by atoms with Gasteiger partial charge in [-0.05, 0) is 56.0 Å². The summed E-state index contributed by atoms with van der Waals surface area (Å²) >= 11 is 0. The Morgan fingerprint density at radius 2 is 1.85 bits per heavy atom. The lowest BCUT2D eigenvalue weighted by atomic mass is 10.1. The molecule has 2 aliphatic rings. The lowest BCUT2D eigenvalue weighted by Crippen LogP contribution is -2.37. The number of rotatable bonds is 9. The van der Waals surface area contributed by atoms with Crippen LogP contribution in [0.3, 0.4) is 0 Å². The summed E-state index contributed by atoms with van der Waals surface area (Å²) in [6.07, 6.45) is 7.52. The van der Waals surface area contributed by atoms with Crippen LogP contribution in [0.4, 0.5) is 0 Å². The van der Waals surface area contributed by atoms with Gasteiger partial charge in [0.2, 0.25) is 5.91 Å². The second kappa shape index (κ2) is 10.2. The number of morpholine rings is 1. The zero-order chi connectivity index (χ0) is 18.9. The lowest BCUT2D eigenvalue weighted by Gasteiger charge is -2.26. The summed E-state index contributed by atoms with van der Waals surface area (Å²) in [5, 5.41) is 5.88. The van der Waals surface area contributed by atoms with Crippen LogP contribution in [-0.4, -0.2) is 62.1 Å². The number of unbranched alkanes of at least 4 members (excludes halogenated alkanes) is 1. The van der Waals surface area contributed by atoms with Crippen molar-refractivity contribution in [2.24, 2.45) is 0 Å². The van der Waals surface area contributed by atoms with Gasteiger partial charge in [0.1, 0.15) is 0 Å². The van der Waals surface area contributed by atoms with Gasteiger partial charge in [0.25, 0.3) is 5.91 Å². The molecule has 1 aliphatic heterocycles. The molecule has 1 saturated heterocycles. The molecule has 1 saturated carbocycles. The number of hydrogen-bond donors (Lipinski definition) is 2. The first kappa shape index (κ1) is 19.6. The van der Waals surface area contributed by atoms with Crippen LogP contribution in [0.15, 0.2) is 30.3 Å². The molecule has 2 N–H and O–H groups in total. The zero-order valence-electron chi connectivity index (χ0n) is 15.8. The van der Waals surface area contributed by atoms with Crippen molar-refractivity contribution >= 4 is 17.9 Å². The van der Waals surface area contributed by atoms with Crippen molar-refractivity contribution in [3.8, 4) is 0 Å². The zero-order valence-corrected chi connectivity index (χ0v) is 15.8. The predicted molar refractivity (Wildman–Crippen MR) is 105 cm³/mol. The van der Waals surface area contributed by atoms with E-state index in [2.05, 4.69) is 15.5 Å². The van der Waals surface area contributed by atoms with Crippen molar-refractivity contribution in [1.82, 2.24) is 15.5 Å². The Hall–Kier alpha value is -2.18. The predicted octanol–water partition coefficient (Wildman–Crippen LogP) is 1.82. The monoisotopic (exact) mass is 371 g/mol. The van der Waals surface area contributed by atoms with Gasteiger partial charge < -0.3 is 15.4 Å². The molecule has 0 unspecified atom stereocenters. The SMILES string of the molecule is O=C(/C=C/c1ccc(C(=O)NC2CC2)cc1)NCCCCN1CCOCC1. The van der Waals surface area contributed by atoms with E-state index in [1.807, 2.05) is 12.1 Å². The minimum absolute atomic E-state index is 0.0251. The average Bonchev–Trinajstić information content (AvgIpc) is 3.51. The van der Waals surface area contributed by atoms with Gasteiger partial charge in [-0.1, -0.05) is 12.1 Å². The lowest BCUT2D eigenvalue weighted by molar-refractivity contribution is -0.116. The van der Waals surface area contributed by atoms with E-state index in [4.69, 9.17) is 4.74 Å². The molecule has 146 valence electrons. The Morgan fingerprint density at radius 3 is 2.56 bits per heavy atom. The Balaban J connectivity index is 1.31. The molecule has 0 bridgehead atoms. The Bertz CT molecular complexity index is 647. The normalized spacial score (nSPS) is 17.8. The number of benzene rings is 1. The molecular formula is C21H29N3O3. The van der Waals surface area contributed by atoms with Crippen LogP contribution >= 0.6 is 0 Å². The molecule has 3 rings (SSSR count). The standard InChI is InChI=1S/C21H29N3O3/c25-20(22-11-1-2-12-24-13-15-27-16-14-24)10-5-17-3-6-18(7-4-17)21(26)23-19-8-9-19/h3-7,10,19H,1-2,8-9,11-16H2,(H,22,25)(H,23,26)/b10-5+. The van der Waals surface area contributed by atoms with E-state index >= 15 is 0 Å². The molecular weight excluding hydrogens is 342 g/mol. The van der Waals surface area contributed by atoms with Crippen LogP contribution in [0, 0.1) is 0 Å². The highest BCUT2D eigenvalue weighted by atomic mass is 16.5. The van der Waals surface area contributed by atoms with Gasteiger partial charge in [0.15, 0.2) is 0 Å². The summed E-state index contributed by atoms with van der Waals surface area (Å²) in [7, 11) is 0. The number of carbonyl (C=O) groups is 2. The maximum Gasteiger partial charge on any atom is 0.251 e. The van der Waals surface area contributed by atoms with Crippen LogP contribution in [0.2, 0.25) is 0 Å². The Kier molecular flexibility index (Phi) is 7.42. The van der Waals surface area contributed by atoms with Crippen molar-refractivity contribution in [3.63, 3.8) is 0 Å². The molecule has 0 atom stereocenters. The molecule has 1 aliphatic carbocycles. The summed E-state index contributed by atoms with van der Waals surface area (Å²) in [4.78, 5) is 26.2. The largest absolute Gasteiger partial charge is 0.379 e. The van der Waals surface area contributed by atoms with Crippen molar-refractivity contribution in [2.45, 2.75) is 31.7 Å². The van der Waals surface area contributed by atoms with Gasteiger partial charge in [-0.3, -0.25) is 14.5 Å². The van der Waals surface area contributed by atoms with E-state index in [1.165, 1.54) is 0 Å². The smallest absolute Gasteiger partial charge is 0.251 e. The fourth-order valence-electron chi connectivity index (χ4n) is 2.97. The topological polar surface area (TPSA) is 70.7 Å². The highest BCUT2D eigenvalue weighted by molar-refractivity contribution is 5.95. The van der Waals surface area contributed by atoms with E-state index in [0.717, 1.165) is 64.1 Å². The molecule has 6 heteroatoms. The number of ether oxygens (including phenoxy) is 1. The van der Waals surface area contributed by atoms with Crippen LogP contribution in [-0.2, 0) is 9.53 Å². The Labute approximate surface area is 161 Å². The third-order valence-electron chi connectivity index (χ3n) is 4.82. The summed E-state index contributed by atoms with van der Waals surface area (Å²) < 4.78 is 5.33. The molecule has 2 amide bonds. The van der Waals surface area contributed by atoms with E-state index in [-0.39, 0.29) is 11.8 Å².